The Morgan fingerprint density at radius 1 is 1.22 bits per heavy atom. The van der Waals surface area contributed by atoms with Gasteiger partial charge in [0.15, 0.2) is 0 Å². The number of carbonyl (C=O) groups is 1. The van der Waals surface area contributed by atoms with Crippen LogP contribution in [0.25, 0.3) is 0 Å². The molecule has 0 aliphatic carbocycles. The fraction of sp³-hybridized carbons (Fsp3) is 0.450. The number of anilines is 1. The van der Waals surface area contributed by atoms with Crippen molar-refractivity contribution in [2.45, 2.75) is 45.7 Å². The molecular formula is C20H26N6O. The Labute approximate surface area is 159 Å². The molecule has 2 aliphatic rings. The summed E-state index contributed by atoms with van der Waals surface area (Å²) in [5, 5.41) is 5.13. The minimum absolute atomic E-state index is 0.0227. The van der Waals surface area contributed by atoms with E-state index in [2.05, 4.69) is 61.5 Å². The zero-order chi connectivity index (χ0) is 18.6. The highest BCUT2D eigenvalue weighted by molar-refractivity contribution is 5.94. The third-order valence-electron chi connectivity index (χ3n) is 5.16. The van der Waals surface area contributed by atoms with E-state index in [1.54, 1.807) is 6.34 Å². The van der Waals surface area contributed by atoms with Crippen molar-refractivity contribution in [1.29, 1.82) is 0 Å². The van der Waals surface area contributed by atoms with Crippen LogP contribution < -0.4 is 15.8 Å². The van der Waals surface area contributed by atoms with Crippen LogP contribution in [0.4, 0.5) is 5.69 Å². The second-order valence-corrected chi connectivity index (χ2v) is 6.95. The van der Waals surface area contributed by atoms with Gasteiger partial charge in [0.25, 0.3) is 5.91 Å². The molecule has 1 aromatic heterocycles. The molecule has 142 valence electrons. The smallest absolute Gasteiger partial charge is 0.270 e. The van der Waals surface area contributed by atoms with Gasteiger partial charge in [0, 0.05) is 19.5 Å². The molecule has 4 rings (SSSR count). The number of rotatable bonds is 5. The maximum atomic E-state index is 12.8. The molecule has 0 fully saturated rings. The summed E-state index contributed by atoms with van der Waals surface area (Å²) in [6, 6.07) is 8.23. The third kappa shape index (κ3) is 3.67. The standard InChI is InChI=1S/C20H26N6O/c1-2-17-19(25-11-4-3-5-18(25)24-17)20(27)22-13-15-6-8-16(9-7-15)26-12-10-21-14-23-26/h6-9,14H,2-5,10-13H2,1H3,(H,21,23)(H,22,27). The zero-order valence-electron chi connectivity index (χ0n) is 15.7. The Balaban J connectivity index is 1.42. The van der Waals surface area contributed by atoms with E-state index in [0.29, 0.717) is 6.54 Å². The summed E-state index contributed by atoms with van der Waals surface area (Å²) in [5.41, 5.74) is 6.96. The molecule has 7 heteroatoms. The number of imidazole rings is 1. The van der Waals surface area contributed by atoms with Crippen molar-refractivity contribution in [3.63, 3.8) is 0 Å². The summed E-state index contributed by atoms with van der Waals surface area (Å²) in [6.45, 7) is 5.10. The quantitative estimate of drug-likeness (QED) is 0.849. The molecule has 0 bridgehead atoms. The van der Waals surface area contributed by atoms with Gasteiger partial charge in [-0.25, -0.2) is 4.98 Å². The van der Waals surface area contributed by atoms with Crippen molar-refractivity contribution in [2.75, 3.05) is 18.1 Å². The van der Waals surface area contributed by atoms with Gasteiger partial charge >= 0.3 is 0 Å². The van der Waals surface area contributed by atoms with E-state index in [-0.39, 0.29) is 5.91 Å². The highest BCUT2D eigenvalue weighted by Crippen LogP contribution is 2.20. The highest BCUT2D eigenvalue weighted by Gasteiger charge is 2.23. The van der Waals surface area contributed by atoms with Crippen molar-refractivity contribution in [3.8, 4) is 0 Å². The summed E-state index contributed by atoms with van der Waals surface area (Å²) in [5.74, 6) is 1.04. The molecule has 3 heterocycles. The van der Waals surface area contributed by atoms with Crippen molar-refractivity contribution >= 4 is 17.9 Å². The molecule has 0 saturated carbocycles. The van der Waals surface area contributed by atoms with Crippen molar-refractivity contribution in [1.82, 2.24) is 20.3 Å². The van der Waals surface area contributed by atoms with Crippen LogP contribution in [-0.2, 0) is 25.9 Å². The summed E-state index contributed by atoms with van der Waals surface area (Å²) in [6.07, 6.45) is 5.74. The van der Waals surface area contributed by atoms with Crippen LogP contribution in [-0.4, -0.2) is 34.9 Å². The number of hydrazine groups is 1. The molecule has 1 amide bonds. The van der Waals surface area contributed by atoms with Gasteiger partial charge in [0.05, 0.1) is 24.5 Å². The van der Waals surface area contributed by atoms with Crippen molar-refractivity contribution in [3.05, 3.63) is 47.0 Å². The number of hydrogen-bond donors (Lipinski definition) is 2. The first-order valence-electron chi connectivity index (χ1n) is 9.73. The molecule has 2 aromatic rings. The lowest BCUT2D eigenvalue weighted by Gasteiger charge is -2.26. The monoisotopic (exact) mass is 366 g/mol. The summed E-state index contributed by atoms with van der Waals surface area (Å²) in [7, 11) is 0. The van der Waals surface area contributed by atoms with Crippen LogP contribution in [0.15, 0.2) is 29.3 Å². The van der Waals surface area contributed by atoms with Gasteiger partial charge in [0.2, 0.25) is 0 Å². The largest absolute Gasteiger partial charge is 0.347 e. The van der Waals surface area contributed by atoms with Crippen LogP contribution >= 0.6 is 0 Å². The van der Waals surface area contributed by atoms with Crippen LogP contribution in [0.3, 0.4) is 0 Å². The van der Waals surface area contributed by atoms with E-state index >= 15 is 0 Å². The maximum Gasteiger partial charge on any atom is 0.270 e. The zero-order valence-corrected chi connectivity index (χ0v) is 15.7. The van der Waals surface area contributed by atoms with Crippen molar-refractivity contribution in [2.24, 2.45) is 4.99 Å². The number of hydrogen-bond acceptors (Lipinski definition) is 5. The molecule has 0 atom stereocenters. The molecule has 0 saturated heterocycles. The summed E-state index contributed by atoms with van der Waals surface area (Å²) in [4.78, 5) is 21.7. The predicted octanol–water partition coefficient (Wildman–Crippen LogP) is 2.06. The Bertz CT molecular complexity index is 839. The number of amides is 1. The number of fused-ring (bicyclic) bond motifs is 1. The average Bonchev–Trinajstić information content (AvgIpc) is 3.12. The first kappa shape index (κ1) is 17.6. The minimum Gasteiger partial charge on any atom is -0.347 e. The fourth-order valence-electron chi connectivity index (χ4n) is 3.70. The predicted molar refractivity (Wildman–Crippen MR) is 106 cm³/mol. The van der Waals surface area contributed by atoms with Crippen molar-refractivity contribution < 1.29 is 4.79 Å². The van der Waals surface area contributed by atoms with Crippen LogP contribution in [0.5, 0.6) is 0 Å². The second kappa shape index (κ2) is 7.82. The molecule has 2 N–H and O–H groups in total. The Morgan fingerprint density at radius 2 is 2.07 bits per heavy atom. The van der Waals surface area contributed by atoms with Gasteiger partial charge < -0.3 is 9.88 Å². The van der Waals surface area contributed by atoms with Gasteiger partial charge in [-0.2, -0.15) is 0 Å². The Kier molecular flexibility index (Phi) is 5.09. The number of nitrogens with one attached hydrogen (secondary N) is 2. The van der Waals surface area contributed by atoms with Crippen LogP contribution in [0.2, 0.25) is 0 Å². The maximum absolute atomic E-state index is 12.8. The number of aliphatic imine (C=N–C) groups is 1. The lowest BCUT2D eigenvalue weighted by Crippen LogP contribution is -2.42. The summed E-state index contributed by atoms with van der Waals surface area (Å²) >= 11 is 0. The number of aryl methyl sites for hydroxylation is 2. The third-order valence-corrected chi connectivity index (χ3v) is 5.16. The molecule has 0 radical (unpaired) electrons. The van der Waals surface area contributed by atoms with E-state index in [9.17, 15) is 4.79 Å². The SMILES string of the molecule is CCc1nc2n(c1C(=O)NCc1ccc(N3CCN=CN3)cc1)CCCC2. The van der Waals surface area contributed by atoms with Gasteiger partial charge in [-0.1, -0.05) is 19.1 Å². The number of carbonyl (C=O) groups excluding carboxylic acids is 1. The fourth-order valence-corrected chi connectivity index (χ4v) is 3.70. The number of aromatic nitrogens is 2. The molecule has 27 heavy (non-hydrogen) atoms. The highest BCUT2D eigenvalue weighted by atomic mass is 16.2. The van der Waals surface area contributed by atoms with Crippen LogP contribution in [0.1, 0.15) is 47.3 Å². The first-order valence-corrected chi connectivity index (χ1v) is 9.73. The topological polar surface area (TPSA) is 74.5 Å². The molecule has 0 spiro atoms. The van der Waals surface area contributed by atoms with E-state index in [4.69, 9.17) is 0 Å². The number of nitrogens with zero attached hydrogens (tertiary/aromatic N) is 4. The van der Waals surface area contributed by atoms with Gasteiger partial charge in [0.1, 0.15) is 17.9 Å². The average molecular weight is 366 g/mol. The first-order chi connectivity index (χ1) is 13.3. The minimum atomic E-state index is -0.0227. The van der Waals surface area contributed by atoms with Crippen LogP contribution in [0, 0.1) is 0 Å². The Morgan fingerprint density at radius 3 is 2.81 bits per heavy atom. The molecule has 7 nitrogen and oxygen atoms in total. The Hall–Kier alpha value is -2.83. The second-order valence-electron chi connectivity index (χ2n) is 6.95. The van der Waals surface area contributed by atoms with E-state index in [1.165, 1.54) is 0 Å². The van der Waals surface area contributed by atoms with Gasteiger partial charge in [-0.05, 0) is 37.0 Å². The molecule has 1 aromatic carbocycles. The van der Waals surface area contributed by atoms with E-state index < -0.39 is 0 Å². The van der Waals surface area contributed by atoms with E-state index in [1.807, 2.05) is 0 Å². The number of benzene rings is 1. The normalized spacial score (nSPS) is 16.0. The lowest BCUT2D eigenvalue weighted by atomic mass is 10.1. The van der Waals surface area contributed by atoms with Gasteiger partial charge in [-0.3, -0.25) is 20.2 Å². The molecule has 0 unspecified atom stereocenters. The molecule has 2 aliphatic heterocycles. The molecular weight excluding hydrogens is 340 g/mol. The summed E-state index contributed by atoms with van der Waals surface area (Å²) < 4.78 is 2.12. The van der Waals surface area contributed by atoms with Gasteiger partial charge in [-0.15, -0.1) is 0 Å². The van der Waals surface area contributed by atoms with E-state index in [0.717, 1.165) is 73.8 Å². The lowest BCUT2D eigenvalue weighted by molar-refractivity contribution is 0.0939.